The van der Waals surface area contributed by atoms with Gasteiger partial charge in [-0.3, -0.25) is 9.80 Å². The Morgan fingerprint density at radius 1 is 0.867 bits per heavy atom. The number of halogens is 2. The average Bonchev–Trinajstić information content (AvgIpc) is 3.18. The summed E-state index contributed by atoms with van der Waals surface area (Å²) in [5.41, 5.74) is 2.49. The smallest absolute Gasteiger partial charge is 0.231 e. The molecule has 0 aliphatic carbocycles. The molecule has 0 N–H and O–H groups in total. The Kier molecular flexibility index (Phi) is 10.6. The molecule has 1 saturated heterocycles. The van der Waals surface area contributed by atoms with Crippen LogP contribution in [0.25, 0.3) is 0 Å². The Bertz CT molecular complexity index is 761. The second kappa shape index (κ2) is 12.6. The van der Waals surface area contributed by atoms with Gasteiger partial charge < -0.3 is 39.0 Å². The van der Waals surface area contributed by atoms with E-state index >= 15 is 0 Å². The van der Waals surface area contributed by atoms with Crippen LogP contribution >= 0.6 is 12.6 Å². The van der Waals surface area contributed by atoms with E-state index in [4.69, 9.17) is 26.8 Å². The summed E-state index contributed by atoms with van der Waals surface area (Å²) in [4.78, 5) is 4.98. The normalized spacial score (nSPS) is 17.1. The van der Waals surface area contributed by atoms with E-state index in [2.05, 4.69) is 34.1 Å². The van der Waals surface area contributed by atoms with E-state index < -0.39 is 0 Å². The predicted molar refractivity (Wildman–Crippen MR) is 113 cm³/mol. The van der Waals surface area contributed by atoms with Crippen molar-refractivity contribution in [3.63, 3.8) is 0 Å². The summed E-state index contributed by atoms with van der Waals surface area (Å²) in [6.07, 6.45) is 0. The Morgan fingerprint density at radius 2 is 1.57 bits per heavy atom. The second-order valence-corrected chi connectivity index (χ2v) is 8.15. The molecule has 30 heavy (non-hydrogen) atoms. The Labute approximate surface area is 196 Å². The molecule has 1 unspecified atom stereocenters. The number of piperazine rings is 1. The van der Waals surface area contributed by atoms with Gasteiger partial charge in [-0.1, -0.05) is 36.4 Å². The highest BCUT2D eigenvalue weighted by molar-refractivity contribution is 7.81. The van der Waals surface area contributed by atoms with Gasteiger partial charge in [-0.2, -0.15) is 12.6 Å². The highest BCUT2D eigenvalue weighted by Crippen LogP contribution is 2.32. The zero-order valence-corrected chi connectivity index (χ0v) is 19.3. The van der Waals surface area contributed by atoms with Crippen molar-refractivity contribution in [2.75, 3.05) is 46.1 Å². The molecule has 2 aromatic rings. The lowest BCUT2D eigenvalue weighted by Crippen LogP contribution is -3.00. The SMILES string of the molecule is SC(COCc1ccccc1)CN1CCN(Cc2ccc3c(c2)OCO3)CC1.[Cl-].[Cl-]. The minimum absolute atomic E-state index is 0. The molecule has 1 fully saturated rings. The predicted octanol–water partition coefficient (Wildman–Crippen LogP) is -2.94. The van der Waals surface area contributed by atoms with Gasteiger partial charge in [0, 0.05) is 44.5 Å². The van der Waals surface area contributed by atoms with Gasteiger partial charge in [0.2, 0.25) is 6.79 Å². The van der Waals surface area contributed by atoms with Crippen molar-refractivity contribution >= 4 is 12.6 Å². The van der Waals surface area contributed by atoms with Crippen molar-refractivity contribution in [1.82, 2.24) is 9.80 Å². The fourth-order valence-corrected chi connectivity index (χ4v) is 4.00. The first-order valence-corrected chi connectivity index (χ1v) is 10.4. The van der Waals surface area contributed by atoms with Crippen LogP contribution < -0.4 is 34.3 Å². The number of hydrogen-bond acceptors (Lipinski definition) is 6. The third kappa shape index (κ3) is 7.22. The number of nitrogens with zero attached hydrogens (tertiary/aromatic N) is 2. The van der Waals surface area contributed by atoms with Crippen molar-refractivity contribution in [1.29, 1.82) is 0 Å². The highest BCUT2D eigenvalue weighted by Gasteiger charge is 2.20. The summed E-state index contributed by atoms with van der Waals surface area (Å²) in [5.74, 6) is 1.72. The van der Waals surface area contributed by atoms with Crippen LogP contribution in [0.1, 0.15) is 11.1 Å². The maximum Gasteiger partial charge on any atom is 0.231 e. The van der Waals surface area contributed by atoms with Gasteiger partial charge in [-0.15, -0.1) is 0 Å². The molecule has 166 valence electrons. The summed E-state index contributed by atoms with van der Waals surface area (Å²) >= 11 is 4.72. The maximum absolute atomic E-state index is 5.82. The van der Waals surface area contributed by atoms with Gasteiger partial charge in [0.15, 0.2) is 11.5 Å². The molecule has 8 heteroatoms. The van der Waals surface area contributed by atoms with Crippen molar-refractivity contribution in [3.8, 4) is 11.5 Å². The zero-order valence-electron chi connectivity index (χ0n) is 16.9. The van der Waals surface area contributed by atoms with Gasteiger partial charge >= 0.3 is 0 Å². The van der Waals surface area contributed by atoms with Crippen LogP contribution in [0.5, 0.6) is 11.5 Å². The molecule has 0 amide bonds. The van der Waals surface area contributed by atoms with Crippen LogP contribution in [-0.2, 0) is 17.9 Å². The van der Waals surface area contributed by atoms with Crippen molar-refractivity contribution in [2.24, 2.45) is 0 Å². The number of fused-ring (bicyclic) bond motifs is 1. The van der Waals surface area contributed by atoms with E-state index in [1.54, 1.807) is 0 Å². The first-order valence-electron chi connectivity index (χ1n) is 9.89. The summed E-state index contributed by atoms with van der Waals surface area (Å²) in [5, 5.41) is 0.240. The van der Waals surface area contributed by atoms with Crippen LogP contribution in [0, 0.1) is 0 Å². The van der Waals surface area contributed by atoms with Crippen LogP contribution in [0.2, 0.25) is 0 Å². The largest absolute Gasteiger partial charge is 1.00 e. The molecule has 1 atom stereocenters. The number of hydrogen-bond donors (Lipinski definition) is 1. The molecule has 2 aromatic carbocycles. The number of thiol groups is 1. The summed E-state index contributed by atoms with van der Waals surface area (Å²) < 4.78 is 16.7. The second-order valence-electron chi connectivity index (χ2n) is 7.42. The Hall–Kier alpha value is -1.15. The standard InChI is InChI=1S/C22H28N2O3S.2ClH/c28-20(16-25-15-18-4-2-1-3-5-18)14-24-10-8-23(9-11-24)13-19-6-7-21-22(12-19)27-17-26-21;;/h1-7,12,20,28H,8-11,13-17H2;2*1H/p-2. The van der Waals surface area contributed by atoms with Crippen LogP contribution in [0.15, 0.2) is 48.5 Å². The fraction of sp³-hybridized carbons (Fsp3) is 0.455. The van der Waals surface area contributed by atoms with Crippen LogP contribution in [0.4, 0.5) is 0 Å². The molecule has 5 nitrogen and oxygen atoms in total. The summed E-state index contributed by atoms with van der Waals surface area (Å²) in [6.45, 7) is 7.86. The quantitative estimate of drug-likeness (QED) is 0.417. The lowest BCUT2D eigenvalue weighted by Gasteiger charge is -2.35. The lowest BCUT2D eigenvalue weighted by molar-refractivity contribution is -0.001000. The topological polar surface area (TPSA) is 34.2 Å². The molecule has 2 heterocycles. The molecule has 2 aliphatic rings. The number of ether oxygens (including phenoxy) is 3. The lowest BCUT2D eigenvalue weighted by atomic mass is 10.1. The highest BCUT2D eigenvalue weighted by atomic mass is 35.5. The van der Waals surface area contributed by atoms with Gasteiger partial charge in [-0.25, -0.2) is 0 Å². The maximum atomic E-state index is 5.82. The van der Waals surface area contributed by atoms with Crippen molar-refractivity contribution in [2.45, 2.75) is 18.4 Å². The van der Waals surface area contributed by atoms with Crippen molar-refractivity contribution in [3.05, 3.63) is 59.7 Å². The minimum Gasteiger partial charge on any atom is -1.00 e. The number of rotatable bonds is 8. The Morgan fingerprint density at radius 3 is 2.33 bits per heavy atom. The first kappa shape index (κ1) is 25.1. The Balaban J connectivity index is 0.00000160. The van der Waals surface area contributed by atoms with Crippen LogP contribution in [-0.4, -0.2) is 61.2 Å². The first-order chi connectivity index (χ1) is 13.8. The van der Waals surface area contributed by atoms with Gasteiger partial charge in [0.25, 0.3) is 0 Å². The van der Waals surface area contributed by atoms with Crippen molar-refractivity contribution < 1.29 is 39.0 Å². The third-order valence-corrected chi connectivity index (χ3v) is 5.51. The van der Waals surface area contributed by atoms with Gasteiger partial charge in [-0.05, 0) is 23.3 Å². The number of benzene rings is 2. The minimum atomic E-state index is 0. The third-order valence-electron chi connectivity index (χ3n) is 5.20. The summed E-state index contributed by atoms with van der Waals surface area (Å²) in [7, 11) is 0. The molecule has 2 aliphatic heterocycles. The van der Waals surface area contributed by atoms with E-state index in [9.17, 15) is 0 Å². The fourth-order valence-electron chi connectivity index (χ4n) is 3.67. The molecule has 0 saturated carbocycles. The average molecular weight is 471 g/mol. The van der Waals surface area contributed by atoms with E-state index in [0.29, 0.717) is 20.0 Å². The molecule has 0 spiro atoms. The van der Waals surface area contributed by atoms with Gasteiger partial charge in [0.1, 0.15) is 0 Å². The molecular weight excluding hydrogens is 443 g/mol. The van der Waals surface area contributed by atoms with E-state index in [-0.39, 0.29) is 30.1 Å². The van der Waals surface area contributed by atoms with E-state index in [1.807, 2.05) is 24.3 Å². The molecule has 0 bridgehead atoms. The zero-order chi connectivity index (χ0) is 19.2. The van der Waals surface area contributed by atoms with E-state index in [1.165, 1.54) is 11.1 Å². The monoisotopic (exact) mass is 470 g/mol. The summed E-state index contributed by atoms with van der Waals surface area (Å²) in [6, 6.07) is 16.5. The van der Waals surface area contributed by atoms with Crippen LogP contribution in [0.3, 0.4) is 0 Å². The van der Waals surface area contributed by atoms with Gasteiger partial charge in [0.05, 0.1) is 13.2 Å². The molecule has 4 rings (SSSR count). The molecule has 0 aromatic heterocycles. The van der Waals surface area contributed by atoms with E-state index in [0.717, 1.165) is 50.8 Å². The molecular formula is C22H28Cl2N2O3S-2. The molecule has 0 radical (unpaired) electrons.